The minimum absolute atomic E-state index is 0.123. The van der Waals surface area contributed by atoms with Gasteiger partial charge >= 0.3 is 0 Å². The number of guanidine groups is 1. The Morgan fingerprint density at radius 1 is 1.36 bits per heavy atom. The largest absolute Gasteiger partial charge is 0.337 e. The lowest BCUT2D eigenvalue weighted by atomic mass is 10.3. The van der Waals surface area contributed by atoms with Gasteiger partial charge in [0, 0.05) is 30.5 Å². The molecule has 2 N–H and O–H groups in total. The molecule has 0 saturated heterocycles. The molecule has 3 rings (SSSR count). The molecule has 0 radical (unpaired) electrons. The molecule has 0 atom stereocenters. The highest BCUT2D eigenvalue weighted by atomic mass is 35.5. The first kappa shape index (κ1) is 14.9. The van der Waals surface area contributed by atoms with Crippen molar-refractivity contribution in [3.8, 4) is 0 Å². The molecule has 0 amide bonds. The Morgan fingerprint density at radius 2 is 2.23 bits per heavy atom. The fourth-order valence-corrected chi connectivity index (χ4v) is 3.50. The minimum Gasteiger partial charge on any atom is -0.337 e. The number of aromatic nitrogens is 2. The number of hydrogen-bond acceptors (Lipinski definition) is 4. The first-order valence-corrected chi connectivity index (χ1v) is 8.50. The Hall–Kier alpha value is -2.06. The summed E-state index contributed by atoms with van der Waals surface area (Å²) in [7, 11) is -3.64. The molecule has 0 saturated carbocycles. The number of sulfonamides is 1. The fraction of sp³-hybridized carbons (Fsp3) is 0.231. The summed E-state index contributed by atoms with van der Waals surface area (Å²) in [5, 5.41) is 3.32. The maximum absolute atomic E-state index is 12.2. The summed E-state index contributed by atoms with van der Waals surface area (Å²) in [6.45, 7) is 1.27. The third-order valence-corrected chi connectivity index (χ3v) is 4.73. The van der Waals surface area contributed by atoms with Crippen LogP contribution >= 0.6 is 11.6 Å². The van der Waals surface area contributed by atoms with Crippen molar-refractivity contribution in [2.75, 3.05) is 11.9 Å². The number of rotatable bonds is 4. The Kier molecular flexibility index (Phi) is 4.04. The van der Waals surface area contributed by atoms with E-state index in [1.165, 1.54) is 6.07 Å². The van der Waals surface area contributed by atoms with Crippen LogP contribution < -0.4 is 10.0 Å². The molecule has 0 aliphatic carbocycles. The highest BCUT2D eigenvalue weighted by molar-refractivity contribution is 7.90. The van der Waals surface area contributed by atoms with Gasteiger partial charge in [0.05, 0.1) is 12.0 Å². The van der Waals surface area contributed by atoms with Gasteiger partial charge in [-0.15, -0.1) is 0 Å². The van der Waals surface area contributed by atoms with Gasteiger partial charge in [-0.2, -0.15) is 0 Å². The van der Waals surface area contributed by atoms with Gasteiger partial charge in [0.15, 0.2) is 0 Å². The molecule has 1 aromatic heterocycles. The van der Waals surface area contributed by atoms with E-state index in [9.17, 15) is 8.42 Å². The fourth-order valence-electron chi connectivity index (χ4n) is 2.09. The molecule has 0 bridgehead atoms. The van der Waals surface area contributed by atoms with Gasteiger partial charge < -0.3 is 9.88 Å². The van der Waals surface area contributed by atoms with Crippen LogP contribution in [0.4, 0.5) is 5.69 Å². The van der Waals surface area contributed by atoms with Gasteiger partial charge in [-0.1, -0.05) is 11.6 Å². The van der Waals surface area contributed by atoms with E-state index in [1.54, 1.807) is 24.7 Å². The van der Waals surface area contributed by atoms with Crippen LogP contribution in [0, 0.1) is 0 Å². The number of nitrogens with one attached hydrogen (secondary N) is 2. The van der Waals surface area contributed by atoms with Crippen molar-refractivity contribution >= 4 is 33.3 Å². The zero-order valence-electron chi connectivity index (χ0n) is 11.5. The van der Waals surface area contributed by atoms with E-state index in [-0.39, 0.29) is 10.9 Å². The van der Waals surface area contributed by atoms with E-state index in [0.717, 1.165) is 13.0 Å². The summed E-state index contributed by atoms with van der Waals surface area (Å²) in [6.07, 6.45) is 6.09. The highest BCUT2D eigenvalue weighted by Crippen LogP contribution is 2.27. The monoisotopic (exact) mass is 339 g/mol. The summed E-state index contributed by atoms with van der Waals surface area (Å²) >= 11 is 5.83. The standard InChI is InChI=1S/C13H14ClN5O2S/c14-10-2-3-11-12(8-10)22(20,21)18-13(17-11)16-4-1-6-19-7-5-15-9-19/h2-3,5,7-9H,1,4,6H2,(H2,16,17,18). The van der Waals surface area contributed by atoms with Gasteiger partial charge in [-0.3, -0.25) is 4.99 Å². The Bertz CT molecular complexity index is 802. The van der Waals surface area contributed by atoms with Crippen molar-refractivity contribution in [2.24, 2.45) is 4.99 Å². The predicted molar refractivity (Wildman–Crippen MR) is 84.5 cm³/mol. The number of fused-ring (bicyclic) bond motifs is 1. The van der Waals surface area contributed by atoms with E-state index in [0.29, 0.717) is 17.3 Å². The maximum atomic E-state index is 12.2. The molecule has 2 heterocycles. The van der Waals surface area contributed by atoms with Gasteiger partial charge in [0.25, 0.3) is 10.0 Å². The quantitative estimate of drug-likeness (QED) is 0.830. The van der Waals surface area contributed by atoms with Crippen LogP contribution in [0.1, 0.15) is 6.42 Å². The zero-order valence-corrected chi connectivity index (χ0v) is 13.1. The first-order chi connectivity index (χ1) is 10.5. The minimum atomic E-state index is -3.64. The molecule has 2 aromatic rings. The zero-order chi connectivity index (χ0) is 15.6. The Labute approximate surface area is 133 Å². The van der Waals surface area contributed by atoms with Crippen LogP contribution in [-0.4, -0.2) is 30.5 Å². The van der Waals surface area contributed by atoms with Crippen LogP contribution in [0.2, 0.25) is 5.02 Å². The van der Waals surface area contributed by atoms with Gasteiger partial charge in [0.1, 0.15) is 4.90 Å². The number of aryl methyl sites for hydroxylation is 1. The number of anilines is 1. The van der Waals surface area contributed by atoms with Crippen LogP contribution in [0.25, 0.3) is 0 Å². The van der Waals surface area contributed by atoms with Gasteiger partial charge in [-0.25, -0.2) is 18.1 Å². The summed E-state index contributed by atoms with van der Waals surface area (Å²) in [5.41, 5.74) is 0.469. The molecule has 9 heteroatoms. The van der Waals surface area contributed by atoms with E-state index >= 15 is 0 Å². The number of hydrogen-bond donors (Lipinski definition) is 2. The average Bonchev–Trinajstić information content (AvgIpc) is 2.97. The average molecular weight is 340 g/mol. The molecule has 7 nitrogen and oxygen atoms in total. The van der Waals surface area contributed by atoms with E-state index in [2.05, 4.69) is 20.0 Å². The molecule has 1 aromatic carbocycles. The second-order valence-corrected chi connectivity index (χ2v) is 6.84. The summed E-state index contributed by atoms with van der Waals surface area (Å²) in [4.78, 5) is 8.32. The van der Waals surface area contributed by atoms with Gasteiger partial charge in [-0.05, 0) is 24.6 Å². The van der Waals surface area contributed by atoms with Gasteiger partial charge in [0.2, 0.25) is 5.96 Å². The van der Waals surface area contributed by atoms with Crippen molar-refractivity contribution in [3.63, 3.8) is 0 Å². The molecular weight excluding hydrogens is 326 g/mol. The number of nitrogens with zero attached hydrogens (tertiary/aromatic N) is 3. The molecule has 0 unspecified atom stereocenters. The first-order valence-electron chi connectivity index (χ1n) is 6.64. The topological polar surface area (TPSA) is 88.4 Å². The SMILES string of the molecule is O=S1(=O)NC(=NCCCn2ccnc2)Nc2ccc(Cl)cc21. The third-order valence-electron chi connectivity index (χ3n) is 3.12. The van der Waals surface area contributed by atoms with Crippen molar-refractivity contribution in [1.29, 1.82) is 0 Å². The summed E-state index contributed by atoms with van der Waals surface area (Å²) in [5.74, 6) is 0.223. The second-order valence-electron chi connectivity index (χ2n) is 4.76. The van der Waals surface area contributed by atoms with Crippen molar-refractivity contribution < 1.29 is 8.42 Å². The molecule has 22 heavy (non-hydrogen) atoms. The second kappa shape index (κ2) is 5.98. The lowest BCUT2D eigenvalue weighted by Gasteiger charge is -2.21. The van der Waals surface area contributed by atoms with Crippen LogP contribution in [0.5, 0.6) is 0 Å². The number of imidazole rings is 1. The molecule has 1 aliphatic heterocycles. The third kappa shape index (κ3) is 3.23. The molecule has 1 aliphatic rings. The van der Waals surface area contributed by atoms with E-state index in [4.69, 9.17) is 11.6 Å². The number of benzene rings is 1. The van der Waals surface area contributed by atoms with Crippen molar-refractivity contribution in [3.05, 3.63) is 41.9 Å². The van der Waals surface area contributed by atoms with Crippen LogP contribution in [0.3, 0.4) is 0 Å². The highest BCUT2D eigenvalue weighted by Gasteiger charge is 2.26. The molecule has 0 spiro atoms. The lowest BCUT2D eigenvalue weighted by molar-refractivity contribution is 0.591. The van der Waals surface area contributed by atoms with Crippen molar-refractivity contribution in [1.82, 2.24) is 14.3 Å². The summed E-state index contributed by atoms with van der Waals surface area (Å²) in [6, 6.07) is 4.66. The van der Waals surface area contributed by atoms with E-state index < -0.39 is 10.0 Å². The lowest BCUT2D eigenvalue weighted by Crippen LogP contribution is -2.40. The smallest absolute Gasteiger partial charge is 0.266 e. The Morgan fingerprint density at radius 3 is 3.00 bits per heavy atom. The normalized spacial score (nSPS) is 17.6. The van der Waals surface area contributed by atoms with Crippen molar-refractivity contribution in [2.45, 2.75) is 17.9 Å². The maximum Gasteiger partial charge on any atom is 0.266 e. The predicted octanol–water partition coefficient (Wildman–Crippen LogP) is 1.69. The number of aliphatic imine (C=N–C) groups is 1. The summed E-state index contributed by atoms with van der Waals surface area (Å²) < 4.78 is 28.6. The molecular formula is C13H14ClN5O2S. The van der Waals surface area contributed by atoms with Crippen LogP contribution in [0.15, 0.2) is 46.8 Å². The van der Waals surface area contributed by atoms with Crippen LogP contribution in [-0.2, 0) is 16.6 Å². The van der Waals surface area contributed by atoms with E-state index in [1.807, 2.05) is 10.8 Å². The number of halogens is 1. The Balaban J connectivity index is 1.69. The molecule has 0 fully saturated rings. The molecule has 116 valence electrons.